The predicted octanol–water partition coefficient (Wildman–Crippen LogP) is 15.3. The highest BCUT2D eigenvalue weighted by atomic mass is 33.5. The molecule has 0 aliphatic rings. The number of hydrogen-bond donors (Lipinski definition) is 0. The minimum atomic E-state index is -0.155. The molecule has 2 unspecified atom stereocenters. The second-order valence-electron chi connectivity index (χ2n) is 16.2. The van der Waals surface area contributed by atoms with Crippen molar-refractivity contribution >= 4 is 74.8 Å². The van der Waals surface area contributed by atoms with Crippen molar-refractivity contribution in [2.75, 3.05) is 63.3 Å². The first-order chi connectivity index (χ1) is 27.8. The van der Waals surface area contributed by atoms with Crippen molar-refractivity contribution in [1.82, 2.24) is 9.80 Å². The van der Waals surface area contributed by atoms with Crippen LogP contribution in [0.15, 0.2) is 0 Å². The molecule has 0 aliphatic carbocycles. The summed E-state index contributed by atoms with van der Waals surface area (Å²) in [5, 5.41) is 0. The van der Waals surface area contributed by atoms with E-state index in [1.54, 1.807) is 21.6 Å². The first-order valence-corrected chi connectivity index (χ1v) is 31.0. The molecule has 0 spiro atoms. The fraction of sp³-hybridized carbons (Fsp3) is 0.956. The second-order valence-corrected chi connectivity index (χ2v) is 25.0. The van der Waals surface area contributed by atoms with E-state index in [1.165, 1.54) is 166 Å². The summed E-state index contributed by atoms with van der Waals surface area (Å²) < 4.78 is 11.5. The lowest BCUT2D eigenvalue weighted by molar-refractivity contribution is -0.147. The van der Waals surface area contributed by atoms with Gasteiger partial charge in [-0.05, 0) is 79.9 Å². The maximum atomic E-state index is 12.7. The Morgan fingerprint density at radius 1 is 0.439 bits per heavy atom. The summed E-state index contributed by atoms with van der Waals surface area (Å²) >= 11 is 0. The molecule has 0 heterocycles. The average molecular weight is 916 g/mol. The lowest BCUT2D eigenvalue weighted by atomic mass is 10.1. The first kappa shape index (κ1) is 58.0. The zero-order valence-corrected chi connectivity index (χ0v) is 42.8. The predicted molar refractivity (Wildman–Crippen MR) is 267 cm³/mol. The van der Waals surface area contributed by atoms with Crippen LogP contribution < -0.4 is 0 Å². The van der Waals surface area contributed by atoms with E-state index < -0.39 is 0 Å². The quantitative estimate of drug-likeness (QED) is 0.0332. The van der Waals surface area contributed by atoms with Crippen LogP contribution in [0.3, 0.4) is 0 Å². The molecular weight excluding hydrogens is 825 g/mol. The Hall–Kier alpha value is 0.960. The maximum absolute atomic E-state index is 12.7. The van der Waals surface area contributed by atoms with E-state index in [4.69, 9.17) is 9.47 Å². The van der Waals surface area contributed by atoms with Gasteiger partial charge in [0.25, 0.3) is 0 Å². The molecule has 0 aliphatic heterocycles. The van der Waals surface area contributed by atoms with Crippen LogP contribution in [0.2, 0.25) is 0 Å². The molecule has 6 nitrogen and oxygen atoms in total. The molecule has 2 atom stereocenters. The minimum absolute atomic E-state index is 0.107. The van der Waals surface area contributed by atoms with E-state index in [-0.39, 0.29) is 24.1 Å². The molecule has 0 saturated heterocycles. The minimum Gasteiger partial charge on any atom is -0.462 e. The summed E-state index contributed by atoms with van der Waals surface area (Å²) in [7, 11) is 15.2. The lowest BCUT2D eigenvalue weighted by Gasteiger charge is -2.23. The highest BCUT2D eigenvalue weighted by Crippen LogP contribution is 2.36. The molecule has 0 radical (unpaired) electrons. The van der Waals surface area contributed by atoms with Crippen molar-refractivity contribution in [2.45, 2.75) is 213 Å². The van der Waals surface area contributed by atoms with E-state index >= 15 is 0 Å². The van der Waals surface area contributed by atoms with Crippen LogP contribution in [0.5, 0.6) is 0 Å². The fourth-order valence-corrected chi connectivity index (χ4v) is 14.5. The largest absolute Gasteiger partial charge is 0.462 e. The van der Waals surface area contributed by atoms with Crippen LogP contribution in [0.25, 0.3) is 0 Å². The van der Waals surface area contributed by atoms with E-state index in [2.05, 4.69) is 37.7 Å². The van der Waals surface area contributed by atoms with Gasteiger partial charge in [0.15, 0.2) is 0 Å². The van der Waals surface area contributed by atoms with Crippen molar-refractivity contribution in [3.63, 3.8) is 0 Å². The third kappa shape index (κ3) is 46.3. The third-order valence-electron chi connectivity index (χ3n) is 9.97. The van der Waals surface area contributed by atoms with Crippen molar-refractivity contribution in [3.8, 4) is 0 Å². The summed E-state index contributed by atoms with van der Waals surface area (Å²) in [5.41, 5.74) is 0. The Balaban J connectivity index is 3.97. The number of ether oxygens (including phenoxy) is 2. The molecule has 0 aromatic carbocycles. The van der Waals surface area contributed by atoms with Gasteiger partial charge in [-0.1, -0.05) is 198 Å². The number of hydrogen-bond acceptors (Lipinski definition) is 12. The highest BCUT2D eigenvalue weighted by molar-refractivity contribution is 9.09. The smallest absolute Gasteiger partial charge is 0.307 e. The van der Waals surface area contributed by atoms with Gasteiger partial charge in [0.1, 0.15) is 12.2 Å². The number of rotatable bonds is 46. The van der Waals surface area contributed by atoms with Gasteiger partial charge < -0.3 is 19.3 Å². The topological polar surface area (TPSA) is 59.1 Å². The van der Waals surface area contributed by atoms with Crippen LogP contribution in [-0.4, -0.2) is 97.2 Å². The van der Waals surface area contributed by atoms with E-state index in [0.29, 0.717) is 25.9 Å². The molecule has 0 saturated carbocycles. The van der Waals surface area contributed by atoms with Crippen molar-refractivity contribution in [1.29, 1.82) is 0 Å². The van der Waals surface area contributed by atoms with Crippen LogP contribution in [-0.2, 0) is 19.1 Å². The summed E-state index contributed by atoms with van der Waals surface area (Å²) in [6.07, 6.45) is 34.8. The van der Waals surface area contributed by atoms with Crippen LogP contribution in [0.1, 0.15) is 201 Å². The number of carbonyl (C=O) groups excluding carboxylic acids is 2. The number of esters is 2. The monoisotopic (exact) mass is 915 g/mol. The molecule has 340 valence electrons. The standard InChI is InChI=1S/C45H90N2O4S6/c1-7-9-11-13-15-17-19-21-23-25-27-29-38-52-56-54-40-42(3)50-44(48)32-36-47(35-31-34-46(5)6)37-33-45(49)51-43(4)41-55-57-53-39-30-28-26-24-22-20-18-16-14-12-10-8-2/h42-43H,7-41H2,1-6H3. The van der Waals surface area contributed by atoms with Gasteiger partial charge in [0.05, 0.1) is 12.8 Å². The van der Waals surface area contributed by atoms with Gasteiger partial charge in [0.2, 0.25) is 0 Å². The molecule has 0 aromatic heterocycles. The molecule has 0 aromatic rings. The fourth-order valence-electron chi connectivity index (χ4n) is 6.47. The Morgan fingerprint density at radius 2 is 0.772 bits per heavy atom. The van der Waals surface area contributed by atoms with Gasteiger partial charge in [-0.2, -0.15) is 0 Å². The van der Waals surface area contributed by atoms with Gasteiger partial charge in [0, 0.05) is 36.1 Å². The zero-order chi connectivity index (χ0) is 41.9. The van der Waals surface area contributed by atoms with Gasteiger partial charge in [-0.15, -0.1) is 0 Å². The van der Waals surface area contributed by atoms with Crippen molar-refractivity contribution in [3.05, 3.63) is 0 Å². The van der Waals surface area contributed by atoms with Crippen LogP contribution >= 0.6 is 62.8 Å². The normalized spacial score (nSPS) is 12.8. The summed E-state index contributed by atoms with van der Waals surface area (Å²) in [5.74, 6) is 3.67. The second kappa shape index (κ2) is 46.5. The van der Waals surface area contributed by atoms with Crippen LogP contribution in [0, 0.1) is 0 Å². The first-order valence-electron chi connectivity index (χ1n) is 23.4. The molecule has 12 heteroatoms. The third-order valence-corrected chi connectivity index (χ3v) is 18.9. The Labute approximate surface area is 377 Å². The summed E-state index contributed by atoms with van der Waals surface area (Å²) in [6, 6.07) is 0. The Kier molecular flexibility index (Phi) is 47.2. The molecular formula is C45H90N2O4S6. The molecule has 0 bridgehead atoms. The van der Waals surface area contributed by atoms with E-state index in [0.717, 1.165) is 31.0 Å². The van der Waals surface area contributed by atoms with Crippen LogP contribution in [0.4, 0.5) is 0 Å². The number of unbranched alkanes of at least 4 members (excludes halogenated alkanes) is 22. The van der Waals surface area contributed by atoms with Gasteiger partial charge in [-0.3, -0.25) is 9.59 Å². The molecule has 0 amide bonds. The Morgan fingerprint density at radius 3 is 1.11 bits per heavy atom. The lowest BCUT2D eigenvalue weighted by Crippen LogP contribution is -2.33. The number of carbonyl (C=O) groups is 2. The Bertz CT molecular complexity index is 803. The maximum Gasteiger partial charge on any atom is 0.307 e. The summed E-state index contributed by atoms with van der Waals surface area (Å²) in [6.45, 7) is 11.6. The van der Waals surface area contributed by atoms with Crippen molar-refractivity contribution < 1.29 is 19.1 Å². The van der Waals surface area contributed by atoms with E-state index in [9.17, 15) is 9.59 Å². The van der Waals surface area contributed by atoms with Gasteiger partial charge >= 0.3 is 11.9 Å². The van der Waals surface area contributed by atoms with Crippen molar-refractivity contribution in [2.24, 2.45) is 0 Å². The zero-order valence-electron chi connectivity index (χ0n) is 37.9. The van der Waals surface area contributed by atoms with Gasteiger partial charge in [-0.25, -0.2) is 0 Å². The molecule has 0 rings (SSSR count). The SMILES string of the molecule is CCCCCCCCCCCCCCSSSCC(C)OC(=O)CCN(CCCN(C)C)CCC(=O)OC(C)CSSSCCCCCCCCCCCCCC. The molecule has 57 heavy (non-hydrogen) atoms. The average Bonchev–Trinajstić information content (AvgIpc) is 3.18. The summed E-state index contributed by atoms with van der Waals surface area (Å²) in [4.78, 5) is 29.8. The number of nitrogens with zero attached hydrogens (tertiary/aromatic N) is 2. The van der Waals surface area contributed by atoms with E-state index in [1.807, 2.05) is 55.1 Å². The molecule has 0 fully saturated rings. The highest BCUT2D eigenvalue weighted by Gasteiger charge is 2.16. The molecule has 0 N–H and O–H groups in total.